The summed E-state index contributed by atoms with van der Waals surface area (Å²) >= 11 is 1.46. The minimum Gasteiger partial charge on any atom is -0.382 e. The third-order valence-corrected chi connectivity index (χ3v) is 10.9. The van der Waals surface area contributed by atoms with Crippen LogP contribution in [-0.2, 0) is 33.3 Å². The Balaban J connectivity index is 1.24. The van der Waals surface area contributed by atoms with Gasteiger partial charge in [-0.05, 0) is 108 Å². The van der Waals surface area contributed by atoms with E-state index in [4.69, 9.17) is 18.9 Å². The predicted molar refractivity (Wildman–Crippen MR) is 267 cm³/mol. The zero-order valence-electron chi connectivity index (χ0n) is 39.6. The van der Waals surface area contributed by atoms with Gasteiger partial charge in [0.25, 0.3) is 5.91 Å². The molecule has 0 saturated heterocycles. The van der Waals surface area contributed by atoms with E-state index in [-0.39, 0.29) is 48.1 Å². The van der Waals surface area contributed by atoms with Crippen LogP contribution in [0.2, 0.25) is 0 Å². The number of imide groups is 1. The molecule has 3 aromatic carbocycles. The molecule has 0 radical (unpaired) electrons. The van der Waals surface area contributed by atoms with Crippen molar-refractivity contribution in [1.29, 1.82) is 0 Å². The zero-order chi connectivity index (χ0) is 49.7. The molecule has 3 amide bonds. The molecule has 370 valence electrons. The third kappa shape index (κ3) is 18.3. The van der Waals surface area contributed by atoms with Gasteiger partial charge in [-0.25, -0.2) is 8.78 Å². The van der Waals surface area contributed by atoms with Crippen molar-refractivity contribution in [3.8, 4) is 0 Å². The van der Waals surface area contributed by atoms with Crippen LogP contribution in [0.15, 0.2) is 80.3 Å². The highest BCUT2D eigenvalue weighted by Gasteiger charge is 2.31. The standard InChI is InChI=1S/C48H65F2N9O8S/c1-8-58(34(2)3)43-30-36(29-39(49)46(43)52-6)45(51-5)40(50)31-54-32-56-37-14-16-38(17-15-37)68-57-19-22-65-24-26-67-28-27-66-25-23-64-21-18-55-41-12-9-11-35(4)44(41)48(63)59(33-61)42(13-10-20-60)47(62)53-7/h9,11-12,14-17,20,29-31,33-34,42,55-57H,5-6,8,10,13,18-19,21-28,32H2,1-4,7H3,(H,53,62)/b45-40+,54-31-. The van der Waals surface area contributed by atoms with Gasteiger partial charge in [0.2, 0.25) is 12.3 Å². The number of rotatable bonds is 35. The monoisotopic (exact) mass is 965 g/mol. The lowest BCUT2D eigenvalue weighted by molar-refractivity contribution is -0.131. The largest absolute Gasteiger partial charge is 0.382 e. The lowest BCUT2D eigenvalue weighted by Crippen LogP contribution is -2.48. The number of nitrogens with zero attached hydrogens (tertiary/aromatic N) is 5. The molecule has 0 aliphatic carbocycles. The maximum atomic E-state index is 15.2. The number of aldehydes is 1. The average molecular weight is 966 g/mol. The molecule has 0 spiro atoms. The van der Waals surface area contributed by atoms with Gasteiger partial charge in [-0.1, -0.05) is 12.1 Å². The molecule has 1 unspecified atom stereocenters. The summed E-state index contributed by atoms with van der Waals surface area (Å²) in [6, 6.07) is 14.6. The number of allylic oxidation sites excluding steroid dienone is 1. The summed E-state index contributed by atoms with van der Waals surface area (Å²) in [5.41, 5.74) is 2.80. The van der Waals surface area contributed by atoms with Crippen LogP contribution >= 0.6 is 11.9 Å². The second-order valence-corrected chi connectivity index (χ2v) is 15.9. The number of carbonyl (C=O) groups excluding carboxylic acids is 4. The van der Waals surface area contributed by atoms with Crippen molar-refractivity contribution in [3.63, 3.8) is 0 Å². The first-order valence-corrected chi connectivity index (χ1v) is 23.0. The molecule has 4 N–H and O–H groups in total. The number of halogens is 2. The first-order chi connectivity index (χ1) is 32.9. The van der Waals surface area contributed by atoms with E-state index < -0.39 is 29.5 Å². The molecule has 3 aromatic rings. The van der Waals surface area contributed by atoms with Crippen LogP contribution in [0.5, 0.6) is 0 Å². The Kier molecular flexibility index (Phi) is 26.5. The number of benzene rings is 3. The summed E-state index contributed by atoms with van der Waals surface area (Å²) < 4.78 is 55.9. The lowest BCUT2D eigenvalue weighted by atomic mass is 10.0. The van der Waals surface area contributed by atoms with Crippen LogP contribution in [0.3, 0.4) is 0 Å². The van der Waals surface area contributed by atoms with Crippen LogP contribution in [0, 0.1) is 12.7 Å². The second kappa shape index (κ2) is 32.0. The van der Waals surface area contributed by atoms with Crippen molar-refractivity contribution in [2.45, 2.75) is 57.5 Å². The molecule has 0 bridgehead atoms. The van der Waals surface area contributed by atoms with Crippen LogP contribution in [0.1, 0.15) is 55.1 Å². The summed E-state index contributed by atoms with van der Waals surface area (Å²) in [6.07, 6.45) is 2.02. The molecule has 20 heteroatoms. The van der Waals surface area contributed by atoms with Crippen molar-refractivity contribution in [2.75, 3.05) is 102 Å². The highest BCUT2D eigenvalue weighted by atomic mass is 32.2. The molecule has 0 fully saturated rings. The molecule has 1 atom stereocenters. The first kappa shape index (κ1) is 56.4. The van der Waals surface area contributed by atoms with Crippen LogP contribution in [0.4, 0.5) is 31.5 Å². The predicted octanol–water partition coefficient (Wildman–Crippen LogP) is 6.65. The average Bonchev–Trinajstić information content (AvgIpc) is 3.33. The fraction of sp³-hybridized carbons (Fsp3) is 0.438. The number of hydrogen-bond acceptors (Lipinski definition) is 16. The van der Waals surface area contributed by atoms with E-state index in [0.29, 0.717) is 102 Å². The van der Waals surface area contributed by atoms with Gasteiger partial charge in [0, 0.05) is 61.0 Å². The van der Waals surface area contributed by atoms with Gasteiger partial charge in [-0.2, -0.15) is 0 Å². The van der Waals surface area contributed by atoms with Gasteiger partial charge in [0.05, 0.1) is 70.3 Å². The van der Waals surface area contributed by atoms with Crippen molar-refractivity contribution >= 4 is 84.6 Å². The Labute approximate surface area is 402 Å². The minimum atomic E-state index is -1.12. The molecule has 0 heterocycles. The first-order valence-electron chi connectivity index (χ1n) is 22.2. The van der Waals surface area contributed by atoms with Gasteiger partial charge < -0.3 is 44.6 Å². The number of likely N-dealkylation sites (N-methyl/N-ethyl adjacent to an activating group) is 1. The molecule has 0 aliphatic heterocycles. The quantitative estimate of drug-likeness (QED) is 0.0212. The van der Waals surface area contributed by atoms with E-state index >= 15 is 8.78 Å². The van der Waals surface area contributed by atoms with E-state index in [1.807, 2.05) is 49.9 Å². The number of nitrogens with one attached hydrogen (secondary N) is 4. The smallest absolute Gasteiger partial charge is 0.263 e. The summed E-state index contributed by atoms with van der Waals surface area (Å²) in [7, 11) is 1.40. The van der Waals surface area contributed by atoms with E-state index in [2.05, 4.69) is 49.1 Å². The summed E-state index contributed by atoms with van der Waals surface area (Å²) in [4.78, 5) is 64.4. The van der Waals surface area contributed by atoms with Gasteiger partial charge in [0.15, 0.2) is 11.6 Å². The highest BCUT2D eigenvalue weighted by Crippen LogP contribution is 2.37. The Morgan fingerprint density at radius 1 is 0.897 bits per heavy atom. The number of anilines is 3. The number of carbonyl (C=O) groups is 4. The Morgan fingerprint density at radius 3 is 2.12 bits per heavy atom. The van der Waals surface area contributed by atoms with Gasteiger partial charge in [-0.3, -0.25) is 39.0 Å². The van der Waals surface area contributed by atoms with E-state index in [1.54, 1.807) is 31.2 Å². The van der Waals surface area contributed by atoms with Gasteiger partial charge >= 0.3 is 0 Å². The third-order valence-electron chi connectivity index (χ3n) is 10.1. The van der Waals surface area contributed by atoms with Crippen LogP contribution in [0.25, 0.3) is 5.70 Å². The summed E-state index contributed by atoms with van der Waals surface area (Å²) in [6.45, 7) is 19.4. The Morgan fingerprint density at radius 2 is 1.54 bits per heavy atom. The molecule has 0 aromatic heterocycles. The summed E-state index contributed by atoms with van der Waals surface area (Å²) in [5, 5.41) is 8.73. The maximum absolute atomic E-state index is 15.2. The number of aliphatic imine (C=N–C) groups is 3. The van der Waals surface area contributed by atoms with Crippen LogP contribution in [-0.4, -0.2) is 147 Å². The Bertz CT molecular complexity index is 2150. The number of aryl methyl sites for hydroxylation is 1. The second-order valence-electron chi connectivity index (χ2n) is 15.0. The van der Waals surface area contributed by atoms with Crippen molar-refractivity contribution in [1.82, 2.24) is 14.9 Å². The normalized spacial score (nSPS) is 12.1. The maximum Gasteiger partial charge on any atom is 0.263 e. The topological polar surface area (TPSA) is 197 Å². The highest BCUT2D eigenvalue weighted by molar-refractivity contribution is 7.97. The molecular weight excluding hydrogens is 901 g/mol. The lowest BCUT2D eigenvalue weighted by Gasteiger charge is -2.29. The SMILES string of the molecule is C=N/C(=C(F)\C=N/CNc1ccc(SNCCOCCOCCOCCOCCNc2cccc(C)c2C(=O)N(C=O)C(CCC=O)C(=O)NC)cc1)c1cc(F)c(N=C)c(N(CC)C(C)C)c1. The van der Waals surface area contributed by atoms with E-state index in [9.17, 15) is 19.2 Å². The molecule has 17 nitrogen and oxygen atoms in total. The van der Waals surface area contributed by atoms with E-state index in [0.717, 1.165) is 21.7 Å². The minimum absolute atomic E-state index is 0.0125. The molecule has 0 saturated carbocycles. The fourth-order valence-electron chi connectivity index (χ4n) is 6.73. The van der Waals surface area contributed by atoms with Crippen LogP contribution < -0.4 is 25.6 Å². The Hall–Kier alpha value is -5.90. The summed E-state index contributed by atoms with van der Waals surface area (Å²) in [5.74, 6) is -2.58. The van der Waals surface area contributed by atoms with Crippen molar-refractivity contribution in [3.05, 3.63) is 82.9 Å². The molecule has 68 heavy (non-hydrogen) atoms. The molecule has 0 aliphatic rings. The van der Waals surface area contributed by atoms with Crippen molar-refractivity contribution in [2.24, 2.45) is 15.0 Å². The molecular formula is C48H65F2N9O8S. The van der Waals surface area contributed by atoms with Gasteiger partial charge in [-0.15, -0.1) is 0 Å². The van der Waals surface area contributed by atoms with Gasteiger partial charge in [0.1, 0.15) is 30.4 Å². The number of ether oxygens (including phenoxy) is 4. The van der Waals surface area contributed by atoms with Crippen molar-refractivity contribution < 1.29 is 46.9 Å². The number of hydrogen-bond donors (Lipinski definition) is 4. The number of amides is 3. The zero-order valence-corrected chi connectivity index (χ0v) is 40.4. The fourth-order valence-corrected chi connectivity index (χ4v) is 7.35. The molecule has 3 rings (SSSR count). The van der Waals surface area contributed by atoms with E-state index in [1.165, 1.54) is 25.1 Å².